The van der Waals surface area contributed by atoms with Crippen LogP contribution in [0.15, 0.2) is 45.8 Å². The Kier molecular flexibility index (Phi) is 6.11. The molecular formula is C16H16BrClFNS. The molecule has 0 heterocycles. The molecule has 0 bridgehead atoms. The van der Waals surface area contributed by atoms with E-state index in [4.69, 9.17) is 11.6 Å². The summed E-state index contributed by atoms with van der Waals surface area (Å²) in [7, 11) is 0. The van der Waals surface area contributed by atoms with E-state index >= 15 is 0 Å². The zero-order valence-corrected chi connectivity index (χ0v) is 14.9. The van der Waals surface area contributed by atoms with Crippen LogP contribution in [0.25, 0.3) is 0 Å². The molecule has 2 aromatic rings. The molecule has 0 saturated carbocycles. The van der Waals surface area contributed by atoms with Crippen molar-refractivity contribution in [2.24, 2.45) is 0 Å². The van der Waals surface area contributed by atoms with E-state index in [9.17, 15) is 4.39 Å². The highest BCUT2D eigenvalue weighted by Crippen LogP contribution is 2.33. The average molecular weight is 389 g/mol. The Labute approximate surface area is 142 Å². The second-order valence-corrected chi connectivity index (χ2v) is 6.64. The number of hydrogen-bond donors (Lipinski definition) is 1. The van der Waals surface area contributed by atoms with Crippen LogP contribution in [0.1, 0.15) is 24.1 Å². The number of nitrogens with one attached hydrogen (secondary N) is 1. The molecule has 1 N–H and O–H groups in total. The van der Waals surface area contributed by atoms with Crippen molar-refractivity contribution in [2.75, 3.05) is 12.8 Å². The van der Waals surface area contributed by atoms with Crippen LogP contribution >= 0.6 is 39.3 Å². The van der Waals surface area contributed by atoms with Gasteiger partial charge in [0.25, 0.3) is 0 Å². The molecule has 0 amide bonds. The first-order chi connectivity index (χ1) is 10.1. The van der Waals surface area contributed by atoms with Gasteiger partial charge in [-0.15, -0.1) is 11.8 Å². The van der Waals surface area contributed by atoms with Gasteiger partial charge in [-0.25, -0.2) is 4.39 Å². The molecule has 1 unspecified atom stereocenters. The lowest BCUT2D eigenvalue weighted by Crippen LogP contribution is -2.23. The predicted molar refractivity (Wildman–Crippen MR) is 92.9 cm³/mol. The lowest BCUT2D eigenvalue weighted by molar-refractivity contribution is 0.558. The van der Waals surface area contributed by atoms with Crippen LogP contribution in [-0.4, -0.2) is 12.8 Å². The summed E-state index contributed by atoms with van der Waals surface area (Å²) in [4.78, 5) is 1.18. The summed E-state index contributed by atoms with van der Waals surface area (Å²) in [6.45, 7) is 2.74. The average Bonchev–Trinajstić information content (AvgIpc) is 2.51. The number of halogens is 3. The lowest BCUT2D eigenvalue weighted by Gasteiger charge is -2.20. The van der Waals surface area contributed by atoms with E-state index in [1.54, 1.807) is 23.9 Å². The third-order valence-corrected chi connectivity index (χ3v) is 5.24. The molecular weight excluding hydrogens is 373 g/mol. The third kappa shape index (κ3) is 3.81. The van der Waals surface area contributed by atoms with Gasteiger partial charge in [-0.1, -0.05) is 36.7 Å². The van der Waals surface area contributed by atoms with Gasteiger partial charge in [-0.3, -0.25) is 0 Å². The van der Waals surface area contributed by atoms with Crippen LogP contribution < -0.4 is 5.32 Å². The minimum atomic E-state index is -0.383. The summed E-state index contributed by atoms with van der Waals surface area (Å²) in [5.41, 5.74) is 1.58. The Balaban J connectivity index is 2.45. The molecule has 2 rings (SSSR count). The van der Waals surface area contributed by atoms with Crippen molar-refractivity contribution in [3.8, 4) is 0 Å². The normalized spacial score (nSPS) is 12.4. The van der Waals surface area contributed by atoms with Gasteiger partial charge in [-0.2, -0.15) is 0 Å². The van der Waals surface area contributed by atoms with Crippen molar-refractivity contribution >= 4 is 39.3 Å². The van der Waals surface area contributed by atoms with Crippen molar-refractivity contribution in [3.63, 3.8) is 0 Å². The van der Waals surface area contributed by atoms with Gasteiger partial charge < -0.3 is 5.32 Å². The molecule has 0 aliphatic carbocycles. The van der Waals surface area contributed by atoms with Crippen LogP contribution in [0.5, 0.6) is 0 Å². The number of rotatable bonds is 5. The van der Waals surface area contributed by atoms with Gasteiger partial charge in [0.1, 0.15) is 5.82 Å². The van der Waals surface area contributed by atoms with Crippen LogP contribution in [0.3, 0.4) is 0 Å². The number of hydrogen-bond acceptors (Lipinski definition) is 2. The molecule has 1 nitrogen and oxygen atoms in total. The standard InChI is InChI=1S/C16H16BrClFNS/c1-3-20-16(10-4-6-11(21-2)7-5-10)12-8-9-13(17)14(18)15(12)19/h4-9,16,20H,3H2,1-2H3. The van der Waals surface area contributed by atoms with Crippen molar-refractivity contribution in [1.29, 1.82) is 0 Å². The quantitative estimate of drug-likeness (QED) is 0.524. The molecule has 0 radical (unpaired) electrons. The number of benzene rings is 2. The minimum Gasteiger partial charge on any atom is -0.306 e. The Morgan fingerprint density at radius 3 is 2.48 bits per heavy atom. The lowest BCUT2D eigenvalue weighted by atomic mass is 9.98. The first-order valence-electron chi connectivity index (χ1n) is 6.59. The molecule has 5 heteroatoms. The highest BCUT2D eigenvalue weighted by molar-refractivity contribution is 9.10. The summed E-state index contributed by atoms with van der Waals surface area (Å²) in [6, 6.07) is 11.5. The van der Waals surface area contributed by atoms with Crippen LogP contribution in [0.2, 0.25) is 5.02 Å². The Bertz CT molecular complexity index is 618. The zero-order valence-electron chi connectivity index (χ0n) is 11.8. The molecule has 112 valence electrons. The minimum absolute atomic E-state index is 0.121. The topological polar surface area (TPSA) is 12.0 Å². The van der Waals surface area contributed by atoms with Crippen molar-refractivity contribution in [3.05, 3.63) is 62.8 Å². The van der Waals surface area contributed by atoms with Gasteiger partial charge in [0.15, 0.2) is 0 Å². The highest BCUT2D eigenvalue weighted by Gasteiger charge is 2.20. The Hall–Kier alpha value is -0.550. The molecule has 0 aliphatic rings. The maximum Gasteiger partial charge on any atom is 0.148 e. The van der Waals surface area contributed by atoms with E-state index < -0.39 is 0 Å². The zero-order chi connectivity index (χ0) is 15.4. The van der Waals surface area contributed by atoms with Gasteiger partial charge >= 0.3 is 0 Å². The molecule has 2 aromatic carbocycles. The van der Waals surface area contributed by atoms with Crippen LogP contribution in [-0.2, 0) is 0 Å². The monoisotopic (exact) mass is 387 g/mol. The molecule has 21 heavy (non-hydrogen) atoms. The molecule has 0 saturated heterocycles. The third-order valence-electron chi connectivity index (χ3n) is 3.23. The molecule has 0 aromatic heterocycles. The molecule has 0 aliphatic heterocycles. The Morgan fingerprint density at radius 2 is 1.90 bits per heavy atom. The largest absolute Gasteiger partial charge is 0.306 e. The fourth-order valence-electron chi connectivity index (χ4n) is 2.17. The van der Waals surface area contributed by atoms with Crippen molar-refractivity contribution in [2.45, 2.75) is 17.9 Å². The molecule has 0 fully saturated rings. The van der Waals surface area contributed by atoms with Crippen LogP contribution in [0.4, 0.5) is 4.39 Å². The first-order valence-corrected chi connectivity index (χ1v) is 8.98. The first kappa shape index (κ1) is 16.8. The number of thioether (sulfide) groups is 1. The maximum atomic E-state index is 14.5. The highest BCUT2D eigenvalue weighted by atomic mass is 79.9. The summed E-state index contributed by atoms with van der Waals surface area (Å²) in [5.74, 6) is -0.383. The Morgan fingerprint density at radius 1 is 1.24 bits per heavy atom. The summed E-state index contributed by atoms with van der Waals surface area (Å²) < 4.78 is 15.0. The van der Waals surface area contributed by atoms with E-state index in [0.29, 0.717) is 10.0 Å². The maximum absolute atomic E-state index is 14.5. The van der Waals surface area contributed by atoms with Gasteiger partial charge in [0.05, 0.1) is 11.1 Å². The van der Waals surface area contributed by atoms with Gasteiger partial charge in [0, 0.05) is 14.9 Å². The van der Waals surface area contributed by atoms with E-state index in [1.165, 1.54) is 4.90 Å². The fourth-order valence-corrected chi connectivity index (χ4v) is 3.06. The van der Waals surface area contributed by atoms with Crippen LogP contribution in [0, 0.1) is 5.82 Å². The van der Waals surface area contributed by atoms with Gasteiger partial charge in [0.2, 0.25) is 0 Å². The van der Waals surface area contributed by atoms with E-state index in [2.05, 4.69) is 21.2 Å². The fraction of sp³-hybridized carbons (Fsp3) is 0.250. The SMILES string of the molecule is CCNC(c1ccc(SC)cc1)c1ccc(Br)c(Cl)c1F. The van der Waals surface area contributed by atoms with E-state index in [-0.39, 0.29) is 16.9 Å². The second kappa shape index (κ2) is 7.63. The van der Waals surface area contributed by atoms with E-state index in [0.717, 1.165) is 12.1 Å². The summed E-state index contributed by atoms with van der Waals surface area (Å²) >= 11 is 10.9. The van der Waals surface area contributed by atoms with E-state index in [1.807, 2.05) is 37.4 Å². The predicted octanol–water partition coefficient (Wildman–Crippen LogP) is 5.66. The van der Waals surface area contributed by atoms with Crippen molar-refractivity contribution in [1.82, 2.24) is 5.32 Å². The molecule has 0 spiro atoms. The summed E-state index contributed by atoms with van der Waals surface area (Å²) in [6.07, 6.45) is 2.03. The van der Waals surface area contributed by atoms with Crippen molar-refractivity contribution < 1.29 is 4.39 Å². The molecule has 1 atom stereocenters. The summed E-state index contributed by atoms with van der Waals surface area (Å²) in [5, 5.41) is 3.44. The van der Waals surface area contributed by atoms with Gasteiger partial charge in [-0.05, 0) is 52.5 Å². The second-order valence-electron chi connectivity index (χ2n) is 4.53. The smallest absolute Gasteiger partial charge is 0.148 e.